The molecule has 4 heteroatoms. The number of para-hydroxylation sites is 1. The third-order valence-electron chi connectivity index (χ3n) is 6.51. The van der Waals surface area contributed by atoms with Gasteiger partial charge in [-0.25, -0.2) is 0 Å². The number of rotatable bonds is 5. The van der Waals surface area contributed by atoms with Gasteiger partial charge in [-0.15, -0.1) is 0 Å². The molecule has 1 atom stereocenters. The van der Waals surface area contributed by atoms with Crippen molar-refractivity contribution in [3.63, 3.8) is 0 Å². The van der Waals surface area contributed by atoms with Crippen LogP contribution < -0.4 is 4.90 Å². The van der Waals surface area contributed by atoms with Crippen molar-refractivity contribution in [2.45, 2.75) is 44.2 Å². The second kappa shape index (κ2) is 7.78. The van der Waals surface area contributed by atoms with Crippen LogP contribution in [-0.4, -0.2) is 16.8 Å². The molecule has 1 N–H and O–H groups in total. The summed E-state index contributed by atoms with van der Waals surface area (Å²) in [7, 11) is 0. The van der Waals surface area contributed by atoms with E-state index in [1.807, 2.05) is 60.7 Å². The van der Waals surface area contributed by atoms with Crippen LogP contribution in [0.3, 0.4) is 0 Å². The molecule has 1 heterocycles. The smallest absolute Gasteiger partial charge is 0.264 e. The van der Waals surface area contributed by atoms with Crippen LogP contribution in [0.5, 0.6) is 0 Å². The molecule has 0 fully saturated rings. The molecule has 1 unspecified atom stereocenters. The largest absolute Gasteiger partial charge is 0.375 e. The van der Waals surface area contributed by atoms with E-state index in [2.05, 4.69) is 0 Å². The van der Waals surface area contributed by atoms with Crippen molar-refractivity contribution in [2.24, 2.45) is 0 Å². The zero-order valence-electron chi connectivity index (χ0n) is 17.4. The van der Waals surface area contributed by atoms with Gasteiger partial charge in [0.05, 0.1) is 18.7 Å². The summed E-state index contributed by atoms with van der Waals surface area (Å²) in [6.45, 7) is 0.353. The van der Waals surface area contributed by atoms with E-state index in [4.69, 9.17) is 0 Å². The van der Waals surface area contributed by atoms with E-state index < -0.39 is 11.5 Å². The number of carbonyl (C=O) groups is 2. The summed E-state index contributed by atoms with van der Waals surface area (Å²) >= 11 is 0. The minimum Gasteiger partial charge on any atom is -0.375 e. The second-order valence-corrected chi connectivity index (χ2v) is 8.54. The van der Waals surface area contributed by atoms with Gasteiger partial charge < -0.3 is 10.0 Å². The molecule has 0 saturated carbocycles. The molecule has 3 aromatic rings. The van der Waals surface area contributed by atoms with Gasteiger partial charge in [-0.1, -0.05) is 60.7 Å². The Morgan fingerprint density at radius 3 is 2.42 bits per heavy atom. The highest BCUT2D eigenvalue weighted by Crippen LogP contribution is 2.43. The van der Waals surface area contributed by atoms with Gasteiger partial charge >= 0.3 is 0 Å². The summed E-state index contributed by atoms with van der Waals surface area (Å²) in [5, 5.41) is 11.5. The summed E-state index contributed by atoms with van der Waals surface area (Å²) in [5.74, 6) is -0.649. The molecule has 1 aliphatic heterocycles. The number of nitrogens with zero attached hydrogens (tertiary/aromatic N) is 1. The van der Waals surface area contributed by atoms with Gasteiger partial charge in [0.1, 0.15) is 0 Å². The third kappa shape index (κ3) is 3.47. The van der Waals surface area contributed by atoms with Gasteiger partial charge in [0.25, 0.3) is 5.91 Å². The predicted molar refractivity (Wildman–Crippen MR) is 120 cm³/mol. The summed E-state index contributed by atoms with van der Waals surface area (Å²) in [4.78, 5) is 28.2. The Morgan fingerprint density at radius 2 is 1.61 bits per heavy atom. The van der Waals surface area contributed by atoms with Gasteiger partial charge in [0.2, 0.25) is 0 Å². The number of benzene rings is 3. The molecule has 3 aromatic carbocycles. The number of aliphatic hydroxyl groups is 1. The Kier molecular flexibility index (Phi) is 4.95. The maximum absolute atomic E-state index is 13.4. The van der Waals surface area contributed by atoms with Crippen molar-refractivity contribution in [2.75, 3.05) is 4.90 Å². The highest BCUT2D eigenvalue weighted by Gasteiger charge is 2.50. The standard InChI is InChI=1S/C27H25NO3/c29-25(22-15-14-20-10-4-5-11-21(20)16-22)17-27(31)23-12-6-7-13-24(23)28(26(27)30)18-19-8-2-1-3-9-19/h1-3,6-9,12-16,31H,4-5,10-11,17-18H2. The van der Waals surface area contributed by atoms with Crippen LogP contribution in [0, 0.1) is 0 Å². The molecular formula is C27H25NO3. The van der Waals surface area contributed by atoms with E-state index in [-0.39, 0.29) is 12.2 Å². The Labute approximate surface area is 182 Å². The third-order valence-corrected chi connectivity index (χ3v) is 6.51. The van der Waals surface area contributed by atoms with Crippen molar-refractivity contribution < 1.29 is 14.7 Å². The van der Waals surface area contributed by atoms with Gasteiger partial charge in [-0.3, -0.25) is 9.59 Å². The van der Waals surface area contributed by atoms with E-state index in [9.17, 15) is 14.7 Å². The molecule has 0 radical (unpaired) electrons. The SMILES string of the molecule is O=C(CC1(O)C(=O)N(Cc2ccccc2)c2ccccc21)c1ccc2c(c1)CCCC2. The molecule has 1 aliphatic carbocycles. The first-order valence-corrected chi connectivity index (χ1v) is 10.9. The predicted octanol–water partition coefficient (Wildman–Crippen LogP) is 4.57. The molecule has 4 nitrogen and oxygen atoms in total. The maximum atomic E-state index is 13.4. The number of ketones is 1. The van der Waals surface area contributed by atoms with Crippen molar-refractivity contribution in [1.82, 2.24) is 0 Å². The van der Waals surface area contributed by atoms with Crippen molar-refractivity contribution in [3.05, 3.63) is 101 Å². The molecule has 5 rings (SSSR count). The van der Waals surface area contributed by atoms with Crippen LogP contribution in [-0.2, 0) is 29.8 Å². The fourth-order valence-corrected chi connectivity index (χ4v) is 4.84. The zero-order valence-corrected chi connectivity index (χ0v) is 17.4. The second-order valence-electron chi connectivity index (χ2n) is 8.54. The Morgan fingerprint density at radius 1 is 0.903 bits per heavy atom. The Balaban J connectivity index is 1.45. The fraction of sp³-hybridized carbons (Fsp3) is 0.259. The highest BCUT2D eigenvalue weighted by atomic mass is 16.3. The van der Waals surface area contributed by atoms with Crippen LogP contribution in [0.25, 0.3) is 0 Å². The first kappa shape index (κ1) is 19.7. The molecule has 0 aromatic heterocycles. The zero-order chi connectivity index (χ0) is 21.4. The topological polar surface area (TPSA) is 57.6 Å². The summed E-state index contributed by atoms with van der Waals surface area (Å²) in [6.07, 6.45) is 4.09. The van der Waals surface area contributed by atoms with Crippen LogP contribution >= 0.6 is 0 Å². The molecular weight excluding hydrogens is 386 g/mol. The maximum Gasteiger partial charge on any atom is 0.264 e. The van der Waals surface area contributed by atoms with E-state index in [0.29, 0.717) is 23.4 Å². The number of fused-ring (bicyclic) bond motifs is 2. The van der Waals surface area contributed by atoms with E-state index >= 15 is 0 Å². The lowest BCUT2D eigenvalue weighted by Gasteiger charge is -2.23. The Bertz CT molecular complexity index is 1150. The molecule has 1 amide bonds. The fourth-order valence-electron chi connectivity index (χ4n) is 4.84. The number of carbonyl (C=O) groups excluding carboxylic acids is 2. The first-order chi connectivity index (χ1) is 15.1. The molecule has 156 valence electrons. The number of amides is 1. The number of hydrogen-bond donors (Lipinski definition) is 1. The minimum absolute atomic E-state index is 0.208. The van der Waals surface area contributed by atoms with E-state index in [1.54, 1.807) is 17.0 Å². The normalized spacial score (nSPS) is 19.8. The molecule has 0 bridgehead atoms. The number of hydrogen-bond acceptors (Lipinski definition) is 3. The minimum atomic E-state index is -1.85. The van der Waals surface area contributed by atoms with Crippen LogP contribution in [0.4, 0.5) is 5.69 Å². The first-order valence-electron chi connectivity index (χ1n) is 10.9. The lowest BCUT2D eigenvalue weighted by molar-refractivity contribution is -0.136. The van der Waals surface area contributed by atoms with Gasteiger partial charge in [-0.2, -0.15) is 0 Å². The van der Waals surface area contributed by atoms with Crippen LogP contribution in [0.1, 0.15) is 51.9 Å². The average Bonchev–Trinajstić information content (AvgIpc) is 3.01. The van der Waals surface area contributed by atoms with Crippen molar-refractivity contribution >= 4 is 17.4 Å². The lowest BCUT2D eigenvalue weighted by atomic mass is 9.85. The summed E-state index contributed by atoms with van der Waals surface area (Å²) in [5.41, 5.74) is 3.38. The number of aryl methyl sites for hydroxylation is 2. The lowest BCUT2D eigenvalue weighted by Crippen LogP contribution is -2.41. The molecule has 2 aliphatic rings. The molecule has 31 heavy (non-hydrogen) atoms. The van der Waals surface area contributed by atoms with Crippen LogP contribution in [0.15, 0.2) is 72.8 Å². The molecule has 0 spiro atoms. The van der Waals surface area contributed by atoms with E-state index in [0.717, 1.165) is 24.8 Å². The van der Waals surface area contributed by atoms with Crippen molar-refractivity contribution in [1.29, 1.82) is 0 Å². The quantitative estimate of drug-likeness (QED) is 0.626. The summed E-state index contributed by atoms with van der Waals surface area (Å²) in [6, 6.07) is 22.7. The van der Waals surface area contributed by atoms with Gasteiger partial charge in [-0.05, 0) is 54.5 Å². The summed E-state index contributed by atoms with van der Waals surface area (Å²) < 4.78 is 0. The Hall–Kier alpha value is -3.24. The highest BCUT2D eigenvalue weighted by molar-refractivity contribution is 6.10. The molecule has 0 saturated heterocycles. The van der Waals surface area contributed by atoms with Gasteiger partial charge in [0.15, 0.2) is 11.4 Å². The monoisotopic (exact) mass is 411 g/mol. The van der Waals surface area contributed by atoms with E-state index in [1.165, 1.54) is 17.5 Å². The van der Waals surface area contributed by atoms with Crippen molar-refractivity contribution in [3.8, 4) is 0 Å². The number of anilines is 1. The number of Topliss-reactive ketones (excluding diaryl/α,β-unsaturated/α-hetero) is 1. The van der Waals surface area contributed by atoms with Crippen LogP contribution in [0.2, 0.25) is 0 Å². The van der Waals surface area contributed by atoms with Gasteiger partial charge in [0, 0.05) is 11.1 Å². The average molecular weight is 412 g/mol.